The third kappa shape index (κ3) is 3.84. The second-order valence-electron chi connectivity index (χ2n) is 4.52. The molecule has 0 bridgehead atoms. The zero-order valence-corrected chi connectivity index (χ0v) is 11.5. The lowest BCUT2D eigenvalue weighted by Gasteiger charge is -2.17. The molecule has 0 radical (unpaired) electrons. The van der Waals surface area contributed by atoms with E-state index < -0.39 is 43.2 Å². The number of nitrogens with two attached hydrogens (primary N) is 2. The summed E-state index contributed by atoms with van der Waals surface area (Å²) >= 11 is 0. The van der Waals surface area contributed by atoms with Crippen LogP contribution in [-0.2, 0) is 13.8 Å². The topological polar surface area (TPSA) is 163 Å². The number of rotatable bonds is 4. The van der Waals surface area contributed by atoms with E-state index in [1.165, 1.54) is 0 Å². The fourth-order valence-corrected chi connectivity index (χ4v) is 2.28. The first-order chi connectivity index (χ1) is 9.67. The summed E-state index contributed by atoms with van der Waals surface area (Å²) in [6.45, 7) is -0.359. The summed E-state index contributed by atoms with van der Waals surface area (Å²) in [4.78, 5) is 24.3. The summed E-state index contributed by atoms with van der Waals surface area (Å²) in [5.41, 5.74) is 7.95. The van der Waals surface area contributed by atoms with E-state index in [-0.39, 0.29) is 13.0 Å². The number of aliphatic hydroxyl groups is 1. The number of H-pyrrole nitrogens is 1. The number of aliphatic hydroxyl groups excluding tert-OH is 1. The highest BCUT2D eigenvalue weighted by Gasteiger charge is 2.36. The number of hydrogen-bond donors (Lipinski definition) is 4. The lowest BCUT2D eigenvalue weighted by atomic mass is 10.2. The van der Waals surface area contributed by atoms with Gasteiger partial charge in [0.2, 0.25) is 5.82 Å². The second-order valence-corrected chi connectivity index (χ2v) is 6.07. The number of nitrogens with zero attached hydrogens (tertiary/aromatic N) is 1. The number of ether oxygens (including phenoxy) is 1. The van der Waals surface area contributed by atoms with Gasteiger partial charge in [-0.3, -0.25) is 18.9 Å². The normalized spacial score (nSPS) is 26.2. The average Bonchev–Trinajstić information content (AvgIpc) is 2.72. The van der Waals surface area contributed by atoms with Crippen molar-refractivity contribution in [2.45, 2.75) is 24.9 Å². The van der Waals surface area contributed by atoms with E-state index in [9.17, 15) is 23.7 Å². The van der Waals surface area contributed by atoms with Crippen molar-refractivity contribution in [3.8, 4) is 0 Å². The van der Waals surface area contributed by atoms with Crippen LogP contribution in [0.4, 0.5) is 4.39 Å². The fraction of sp³-hybridized carbons (Fsp3) is 0.556. The van der Waals surface area contributed by atoms with Crippen LogP contribution in [0.3, 0.4) is 0 Å². The van der Waals surface area contributed by atoms with E-state index in [0.717, 1.165) is 4.57 Å². The molecule has 1 aromatic heterocycles. The quantitative estimate of drug-likeness (QED) is 0.479. The Morgan fingerprint density at radius 1 is 1.57 bits per heavy atom. The summed E-state index contributed by atoms with van der Waals surface area (Å²) in [6.07, 6.45) is -2.40. The molecule has 0 saturated carbocycles. The maximum atomic E-state index is 13.2. The fourth-order valence-electron chi connectivity index (χ4n) is 1.90. The van der Waals surface area contributed by atoms with Gasteiger partial charge >= 0.3 is 13.4 Å². The van der Waals surface area contributed by atoms with Gasteiger partial charge in [-0.1, -0.05) is 0 Å². The molecule has 3 atom stereocenters. The number of hydrogen-bond acceptors (Lipinski definition) is 6. The minimum Gasteiger partial charge on any atom is -0.390 e. The van der Waals surface area contributed by atoms with Crippen LogP contribution in [0.2, 0.25) is 0 Å². The van der Waals surface area contributed by atoms with E-state index in [4.69, 9.17) is 15.7 Å². The minimum absolute atomic E-state index is 0.0567. The van der Waals surface area contributed by atoms with Crippen LogP contribution in [0.25, 0.3) is 0 Å². The van der Waals surface area contributed by atoms with Crippen molar-refractivity contribution in [1.29, 1.82) is 0 Å². The Hall–Kier alpha value is -1.36. The van der Waals surface area contributed by atoms with Crippen LogP contribution in [0, 0.1) is 5.82 Å². The van der Waals surface area contributed by atoms with Gasteiger partial charge in [-0.2, -0.15) is 4.39 Å². The van der Waals surface area contributed by atoms with E-state index in [1.807, 2.05) is 0 Å². The van der Waals surface area contributed by atoms with Crippen LogP contribution in [-0.4, -0.2) is 33.5 Å². The Balaban J connectivity index is 2.14. The molecule has 0 unspecified atom stereocenters. The van der Waals surface area contributed by atoms with Gasteiger partial charge in [0.15, 0.2) is 0 Å². The van der Waals surface area contributed by atoms with Gasteiger partial charge in [-0.25, -0.2) is 15.8 Å². The molecule has 1 aliphatic heterocycles. The number of aromatic amines is 1. The molecule has 0 aliphatic carbocycles. The molecular formula is C9H14FN4O6P. The predicted molar refractivity (Wildman–Crippen MR) is 67.7 cm³/mol. The van der Waals surface area contributed by atoms with Gasteiger partial charge < -0.3 is 14.4 Å². The Bertz CT molecular complexity index is 684. The monoisotopic (exact) mass is 324 g/mol. The van der Waals surface area contributed by atoms with Crippen molar-refractivity contribution in [2.75, 3.05) is 6.61 Å². The van der Waals surface area contributed by atoms with Crippen LogP contribution in [0.15, 0.2) is 15.8 Å². The van der Waals surface area contributed by atoms with Gasteiger partial charge in [0.05, 0.1) is 18.9 Å². The molecule has 1 saturated heterocycles. The van der Waals surface area contributed by atoms with Crippen molar-refractivity contribution >= 4 is 7.67 Å². The number of halogens is 1. The molecule has 1 aliphatic rings. The lowest BCUT2D eigenvalue weighted by molar-refractivity contribution is -0.0409. The first kappa shape index (κ1) is 16.0. The average molecular weight is 324 g/mol. The van der Waals surface area contributed by atoms with Crippen LogP contribution in [0.5, 0.6) is 0 Å². The summed E-state index contributed by atoms with van der Waals surface area (Å²) in [6, 6.07) is 0. The third-order valence-electron chi connectivity index (χ3n) is 2.88. The Kier molecular flexibility index (Phi) is 4.42. The first-order valence-corrected chi connectivity index (χ1v) is 7.60. The molecule has 0 amide bonds. The first-order valence-electron chi connectivity index (χ1n) is 5.83. The van der Waals surface area contributed by atoms with Crippen molar-refractivity contribution in [2.24, 2.45) is 11.0 Å². The molecule has 0 aromatic carbocycles. The standard InChI is InChI=1S/C9H14FN4O6P/c10-4-2-14(9(17)13-8(4)16)7-1-5(15)6(20-7)3-19-21(11,12)18/h2,5-7,15H,1,3H2,(H4,11,12,18)(H,13,16,17)/t5-,6+,7+/m0/s1. The summed E-state index contributed by atoms with van der Waals surface area (Å²) in [7, 11) is -3.73. The van der Waals surface area contributed by atoms with E-state index >= 15 is 0 Å². The SMILES string of the molecule is NP(N)(=O)OC[C@H]1O[C@@H](n2cc(F)c(=O)[nH]c2=O)C[C@@H]1O. The molecule has 12 heteroatoms. The van der Waals surface area contributed by atoms with E-state index in [0.29, 0.717) is 6.20 Å². The lowest BCUT2D eigenvalue weighted by Crippen LogP contribution is -2.34. The third-order valence-corrected chi connectivity index (χ3v) is 3.43. The Morgan fingerprint density at radius 3 is 2.86 bits per heavy atom. The molecule has 2 rings (SSSR count). The molecule has 10 nitrogen and oxygen atoms in total. The van der Waals surface area contributed by atoms with Gasteiger partial charge in [-0.15, -0.1) is 0 Å². The maximum Gasteiger partial charge on any atom is 0.335 e. The van der Waals surface area contributed by atoms with Crippen molar-refractivity contribution in [3.63, 3.8) is 0 Å². The number of aromatic nitrogens is 2. The van der Waals surface area contributed by atoms with Crippen LogP contribution >= 0.6 is 7.67 Å². The molecule has 21 heavy (non-hydrogen) atoms. The molecule has 1 aromatic rings. The number of nitrogens with one attached hydrogen (secondary N) is 1. The Labute approximate surface area is 117 Å². The predicted octanol–water partition coefficient (Wildman–Crippen LogP) is -1.63. The largest absolute Gasteiger partial charge is 0.390 e. The highest BCUT2D eigenvalue weighted by molar-refractivity contribution is 7.53. The summed E-state index contributed by atoms with van der Waals surface area (Å²) in [5, 5.41) is 9.77. The summed E-state index contributed by atoms with van der Waals surface area (Å²) in [5.74, 6) is -1.17. The van der Waals surface area contributed by atoms with E-state index in [1.54, 1.807) is 4.98 Å². The zero-order valence-electron chi connectivity index (χ0n) is 10.6. The smallest absolute Gasteiger partial charge is 0.335 e. The van der Waals surface area contributed by atoms with Gasteiger partial charge in [0.25, 0.3) is 5.56 Å². The molecule has 1 fully saturated rings. The van der Waals surface area contributed by atoms with Crippen molar-refractivity contribution in [3.05, 3.63) is 32.9 Å². The Morgan fingerprint density at radius 2 is 2.24 bits per heavy atom. The van der Waals surface area contributed by atoms with E-state index in [2.05, 4.69) is 4.52 Å². The highest BCUT2D eigenvalue weighted by Crippen LogP contribution is 2.32. The van der Waals surface area contributed by atoms with Gasteiger partial charge in [-0.05, 0) is 0 Å². The molecule has 6 N–H and O–H groups in total. The summed E-state index contributed by atoms with van der Waals surface area (Å²) < 4.78 is 35.0. The molecule has 0 spiro atoms. The minimum atomic E-state index is -3.73. The van der Waals surface area contributed by atoms with Gasteiger partial charge in [0.1, 0.15) is 12.3 Å². The van der Waals surface area contributed by atoms with Crippen molar-refractivity contribution in [1.82, 2.24) is 9.55 Å². The molecule has 2 heterocycles. The van der Waals surface area contributed by atoms with Gasteiger partial charge in [0, 0.05) is 6.42 Å². The zero-order chi connectivity index (χ0) is 15.8. The second kappa shape index (κ2) is 5.79. The highest BCUT2D eigenvalue weighted by atomic mass is 31.2. The molecule has 118 valence electrons. The van der Waals surface area contributed by atoms with Crippen molar-refractivity contribution < 1.29 is 23.3 Å². The molecular weight excluding hydrogens is 310 g/mol. The maximum absolute atomic E-state index is 13.2. The van der Waals surface area contributed by atoms with Crippen LogP contribution < -0.4 is 22.3 Å². The van der Waals surface area contributed by atoms with Crippen LogP contribution in [0.1, 0.15) is 12.6 Å².